The summed E-state index contributed by atoms with van der Waals surface area (Å²) in [7, 11) is 0. The maximum atomic E-state index is 13.2. The lowest BCUT2D eigenvalue weighted by molar-refractivity contribution is -0.138. The number of nitrogens with one attached hydrogen (secondary N) is 1. The van der Waals surface area contributed by atoms with Crippen LogP contribution in [0, 0.1) is 5.82 Å². The zero-order valence-corrected chi connectivity index (χ0v) is 14.0. The summed E-state index contributed by atoms with van der Waals surface area (Å²) >= 11 is 0. The highest BCUT2D eigenvalue weighted by atomic mass is 19.4. The predicted molar refractivity (Wildman–Crippen MR) is 86.3 cm³/mol. The van der Waals surface area contributed by atoms with Gasteiger partial charge in [0.2, 0.25) is 0 Å². The summed E-state index contributed by atoms with van der Waals surface area (Å²) in [5.41, 5.74) is -1.78. The first kappa shape index (κ1) is 20.5. The van der Waals surface area contributed by atoms with Crippen LogP contribution in [0.15, 0.2) is 18.2 Å². The van der Waals surface area contributed by atoms with E-state index >= 15 is 0 Å². The van der Waals surface area contributed by atoms with Gasteiger partial charge in [0.25, 0.3) is 5.91 Å². The molecule has 24 heavy (non-hydrogen) atoms. The third-order valence-electron chi connectivity index (χ3n) is 3.85. The highest BCUT2D eigenvalue weighted by molar-refractivity contribution is 5.95. The highest BCUT2D eigenvalue weighted by Crippen LogP contribution is 2.32. The fourth-order valence-corrected chi connectivity index (χ4v) is 2.51. The molecular formula is C18H25F4NO. The summed E-state index contributed by atoms with van der Waals surface area (Å²) in [5, 5.41) is 2.44. The van der Waals surface area contributed by atoms with E-state index in [2.05, 4.69) is 12.2 Å². The summed E-state index contributed by atoms with van der Waals surface area (Å²) in [6, 6.07) is 1.94. The second kappa shape index (κ2) is 10.3. The molecule has 0 aromatic heterocycles. The average molecular weight is 347 g/mol. The largest absolute Gasteiger partial charge is 0.417 e. The Morgan fingerprint density at radius 3 is 2.17 bits per heavy atom. The van der Waals surface area contributed by atoms with Crippen molar-refractivity contribution in [1.29, 1.82) is 0 Å². The van der Waals surface area contributed by atoms with Gasteiger partial charge in [0.1, 0.15) is 5.82 Å². The van der Waals surface area contributed by atoms with E-state index in [9.17, 15) is 22.4 Å². The number of halogens is 4. The summed E-state index contributed by atoms with van der Waals surface area (Å²) in [6.07, 6.45) is 3.99. The monoisotopic (exact) mass is 347 g/mol. The summed E-state index contributed by atoms with van der Waals surface area (Å²) in [6.45, 7) is 2.45. The Hall–Kier alpha value is -1.59. The molecule has 0 spiro atoms. The fourth-order valence-electron chi connectivity index (χ4n) is 2.51. The maximum absolute atomic E-state index is 13.2. The molecule has 1 amide bonds. The molecule has 1 rings (SSSR count). The van der Waals surface area contributed by atoms with Gasteiger partial charge in [-0.05, 0) is 24.6 Å². The number of amides is 1. The summed E-state index contributed by atoms with van der Waals surface area (Å²) in [4.78, 5) is 11.9. The van der Waals surface area contributed by atoms with Gasteiger partial charge in [0, 0.05) is 6.54 Å². The molecule has 2 nitrogen and oxygen atoms in total. The first-order valence-electron chi connectivity index (χ1n) is 8.51. The molecule has 1 aromatic rings. The number of benzene rings is 1. The lowest BCUT2D eigenvalue weighted by atomic mass is 10.1. The molecule has 0 aliphatic carbocycles. The number of hydrogen-bond donors (Lipinski definition) is 1. The lowest BCUT2D eigenvalue weighted by Gasteiger charge is -2.13. The number of rotatable bonds is 10. The van der Waals surface area contributed by atoms with E-state index in [-0.39, 0.29) is 0 Å². The van der Waals surface area contributed by atoms with Gasteiger partial charge in [0.05, 0.1) is 11.1 Å². The van der Waals surface area contributed by atoms with Gasteiger partial charge in [-0.2, -0.15) is 13.2 Å². The van der Waals surface area contributed by atoms with E-state index in [1.165, 1.54) is 25.7 Å². The molecule has 0 radical (unpaired) electrons. The van der Waals surface area contributed by atoms with Crippen molar-refractivity contribution in [3.63, 3.8) is 0 Å². The van der Waals surface area contributed by atoms with Crippen LogP contribution in [0.4, 0.5) is 17.6 Å². The predicted octanol–water partition coefficient (Wildman–Crippen LogP) is 5.72. The standard InChI is InChI=1S/C18H25F4NO/c1-2-3-4-5-6-7-8-9-12-23-17(24)15-13-14(19)10-11-16(15)18(20,21)22/h10-11,13H,2-9,12H2,1H3,(H,23,24). The summed E-state index contributed by atoms with van der Waals surface area (Å²) in [5.74, 6) is -1.75. The molecule has 0 unspecified atom stereocenters. The number of unbranched alkanes of at least 4 members (excludes halogenated alkanes) is 7. The molecule has 0 saturated carbocycles. The Morgan fingerprint density at radius 2 is 1.58 bits per heavy atom. The van der Waals surface area contributed by atoms with Crippen molar-refractivity contribution >= 4 is 5.91 Å². The van der Waals surface area contributed by atoms with Gasteiger partial charge >= 0.3 is 6.18 Å². The minimum atomic E-state index is -4.68. The molecule has 0 aliphatic heterocycles. The second-order valence-corrected chi connectivity index (χ2v) is 5.92. The maximum Gasteiger partial charge on any atom is 0.417 e. The van der Waals surface area contributed by atoms with Crippen LogP contribution >= 0.6 is 0 Å². The Kier molecular flexibility index (Phi) is 8.79. The molecule has 136 valence electrons. The third kappa shape index (κ3) is 7.32. The molecule has 0 bridgehead atoms. The van der Waals surface area contributed by atoms with Crippen LogP contribution in [-0.2, 0) is 6.18 Å². The summed E-state index contributed by atoms with van der Waals surface area (Å²) < 4.78 is 51.7. The van der Waals surface area contributed by atoms with Crippen LogP contribution in [0.2, 0.25) is 0 Å². The first-order valence-corrected chi connectivity index (χ1v) is 8.51. The third-order valence-corrected chi connectivity index (χ3v) is 3.85. The van der Waals surface area contributed by atoms with Crippen LogP contribution in [-0.4, -0.2) is 12.5 Å². The zero-order valence-electron chi connectivity index (χ0n) is 14.0. The molecule has 0 fully saturated rings. The first-order chi connectivity index (χ1) is 11.4. The minimum Gasteiger partial charge on any atom is -0.352 e. The van der Waals surface area contributed by atoms with Crippen molar-refractivity contribution in [1.82, 2.24) is 5.32 Å². The van der Waals surface area contributed by atoms with Gasteiger partial charge in [0.15, 0.2) is 0 Å². The van der Waals surface area contributed by atoms with Crippen molar-refractivity contribution in [3.05, 3.63) is 35.1 Å². The molecule has 1 N–H and O–H groups in total. The fraction of sp³-hybridized carbons (Fsp3) is 0.611. The van der Waals surface area contributed by atoms with Crippen molar-refractivity contribution in [3.8, 4) is 0 Å². The van der Waals surface area contributed by atoms with Crippen LogP contribution in [0.3, 0.4) is 0 Å². The number of hydrogen-bond acceptors (Lipinski definition) is 1. The quantitative estimate of drug-likeness (QED) is 0.426. The zero-order chi connectivity index (χ0) is 18.0. The van der Waals surface area contributed by atoms with E-state index < -0.39 is 29.0 Å². The molecule has 0 atom stereocenters. The smallest absolute Gasteiger partial charge is 0.352 e. The topological polar surface area (TPSA) is 29.1 Å². The number of alkyl halides is 3. The van der Waals surface area contributed by atoms with Gasteiger partial charge < -0.3 is 5.32 Å². The number of carbonyl (C=O) groups is 1. The Morgan fingerprint density at radius 1 is 1.00 bits per heavy atom. The lowest BCUT2D eigenvalue weighted by Crippen LogP contribution is -2.27. The molecule has 6 heteroatoms. The van der Waals surface area contributed by atoms with Crippen molar-refractivity contribution < 1.29 is 22.4 Å². The minimum absolute atomic E-state index is 0.293. The Labute approximate surface area is 140 Å². The van der Waals surface area contributed by atoms with E-state index in [1.54, 1.807) is 0 Å². The molecule has 0 aliphatic rings. The van der Waals surface area contributed by atoms with E-state index in [0.717, 1.165) is 19.3 Å². The van der Waals surface area contributed by atoms with Crippen LogP contribution in [0.25, 0.3) is 0 Å². The Balaban J connectivity index is 2.37. The van der Waals surface area contributed by atoms with E-state index in [1.807, 2.05) is 0 Å². The van der Waals surface area contributed by atoms with Gasteiger partial charge in [-0.25, -0.2) is 4.39 Å². The van der Waals surface area contributed by atoms with Crippen molar-refractivity contribution in [2.75, 3.05) is 6.54 Å². The van der Waals surface area contributed by atoms with Crippen LogP contribution in [0.5, 0.6) is 0 Å². The van der Waals surface area contributed by atoms with Crippen LogP contribution in [0.1, 0.15) is 74.2 Å². The van der Waals surface area contributed by atoms with Gasteiger partial charge in [-0.3, -0.25) is 4.79 Å². The normalized spacial score (nSPS) is 11.5. The Bertz CT molecular complexity index is 514. The van der Waals surface area contributed by atoms with Crippen LogP contribution < -0.4 is 5.32 Å². The van der Waals surface area contributed by atoms with Crippen molar-refractivity contribution in [2.45, 2.75) is 64.5 Å². The average Bonchev–Trinajstić information content (AvgIpc) is 2.51. The molecule has 1 aromatic carbocycles. The molecule has 0 saturated heterocycles. The molecular weight excluding hydrogens is 322 g/mol. The van der Waals surface area contributed by atoms with Gasteiger partial charge in [-0.1, -0.05) is 51.9 Å². The SMILES string of the molecule is CCCCCCCCCCNC(=O)c1cc(F)ccc1C(F)(F)F. The highest BCUT2D eigenvalue weighted by Gasteiger charge is 2.35. The number of carbonyl (C=O) groups excluding carboxylic acids is 1. The van der Waals surface area contributed by atoms with Gasteiger partial charge in [-0.15, -0.1) is 0 Å². The van der Waals surface area contributed by atoms with E-state index in [4.69, 9.17) is 0 Å². The van der Waals surface area contributed by atoms with Crippen molar-refractivity contribution in [2.24, 2.45) is 0 Å². The molecule has 0 heterocycles. The second-order valence-electron chi connectivity index (χ2n) is 5.92. The van der Waals surface area contributed by atoms with E-state index in [0.29, 0.717) is 31.2 Å².